The molecule has 0 aromatic carbocycles. The summed E-state index contributed by atoms with van der Waals surface area (Å²) in [7, 11) is 0. The zero-order valence-electron chi connectivity index (χ0n) is 4.61. The number of hydrogen-bond acceptors (Lipinski definition) is 3. The van der Waals surface area contributed by atoms with Crippen molar-refractivity contribution in [1.82, 2.24) is 9.36 Å². The first-order valence-electron chi connectivity index (χ1n) is 2.62. The SMILES string of the molecule is c1cc2nccc-2sn1. The van der Waals surface area contributed by atoms with Gasteiger partial charge in [0.2, 0.25) is 0 Å². The molecule has 44 valence electrons. The normalized spacial score (nSPS) is 10.2. The molecule has 0 amide bonds. The van der Waals surface area contributed by atoms with Gasteiger partial charge in [-0.15, -0.1) is 0 Å². The summed E-state index contributed by atoms with van der Waals surface area (Å²) in [6.07, 6.45) is 3.56. The Bertz CT molecular complexity index is 251. The van der Waals surface area contributed by atoms with E-state index in [1.807, 2.05) is 12.1 Å². The van der Waals surface area contributed by atoms with Crippen LogP contribution < -0.4 is 0 Å². The highest BCUT2D eigenvalue weighted by atomic mass is 32.1. The van der Waals surface area contributed by atoms with E-state index in [2.05, 4.69) is 9.36 Å². The molecule has 2 nitrogen and oxygen atoms in total. The molecule has 0 aromatic rings. The zero-order valence-corrected chi connectivity index (χ0v) is 5.43. The molecule has 0 aliphatic carbocycles. The van der Waals surface area contributed by atoms with Crippen LogP contribution in [0.15, 0.2) is 24.5 Å². The average molecular weight is 136 g/mol. The second kappa shape index (κ2) is 1.77. The molecule has 2 heterocycles. The van der Waals surface area contributed by atoms with Gasteiger partial charge in [-0.2, -0.15) is 0 Å². The smallest absolute Gasteiger partial charge is 0.0833 e. The second-order valence-electron chi connectivity index (χ2n) is 1.71. The predicted octanol–water partition coefficient (Wildman–Crippen LogP) is 1.64. The number of nitrogens with zero attached hydrogens (tertiary/aromatic N) is 2. The van der Waals surface area contributed by atoms with E-state index in [4.69, 9.17) is 0 Å². The molecule has 0 aromatic heterocycles. The van der Waals surface area contributed by atoms with Gasteiger partial charge in [0, 0.05) is 12.4 Å². The molecule has 0 fully saturated rings. The van der Waals surface area contributed by atoms with Crippen LogP contribution in [0.1, 0.15) is 0 Å². The summed E-state index contributed by atoms with van der Waals surface area (Å²) in [5, 5.41) is 0. The molecule has 0 radical (unpaired) electrons. The molecule has 9 heavy (non-hydrogen) atoms. The predicted molar refractivity (Wildman–Crippen MR) is 36.5 cm³/mol. The lowest BCUT2D eigenvalue weighted by atomic mass is 10.4. The molecule has 0 unspecified atom stereocenters. The van der Waals surface area contributed by atoms with Crippen molar-refractivity contribution in [3.63, 3.8) is 0 Å². The molecule has 0 N–H and O–H groups in total. The van der Waals surface area contributed by atoms with E-state index in [1.165, 1.54) is 11.5 Å². The van der Waals surface area contributed by atoms with Crippen molar-refractivity contribution in [3.05, 3.63) is 24.5 Å². The molecule has 0 saturated carbocycles. The number of rotatable bonds is 0. The number of hydrogen-bond donors (Lipinski definition) is 0. The van der Waals surface area contributed by atoms with E-state index in [0.29, 0.717) is 0 Å². The Morgan fingerprint density at radius 2 is 2.22 bits per heavy atom. The van der Waals surface area contributed by atoms with E-state index >= 15 is 0 Å². The molecule has 2 aliphatic rings. The lowest BCUT2D eigenvalue weighted by molar-refractivity contribution is 1.40. The van der Waals surface area contributed by atoms with Gasteiger partial charge in [-0.05, 0) is 23.7 Å². The van der Waals surface area contributed by atoms with Gasteiger partial charge in [-0.1, -0.05) is 0 Å². The Balaban J connectivity index is 2.79. The van der Waals surface area contributed by atoms with Crippen LogP contribution in [0.3, 0.4) is 0 Å². The molecular formula is C6H4N2S. The highest BCUT2D eigenvalue weighted by molar-refractivity contribution is 7.09. The van der Waals surface area contributed by atoms with Crippen molar-refractivity contribution >= 4 is 11.5 Å². The summed E-state index contributed by atoms with van der Waals surface area (Å²) in [6, 6.07) is 3.87. The molecule has 0 atom stereocenters. The van der Waals surface area contributed by atoms with Gasteiger partial charge in [-0.25, -0.2) is 4.37 Å². The summed E-state index contributed by atoms with van der Waals surface area (Å²) in [5.74, 6) is 0. The van der Waals surface area contributed by atoms with Gasteiger partial charge >= 0.3 is 0 Å². The standard InChI is InChI=1S/C6H4N2S/c1-4-8-9-6-2-3-7-5(1)6/h1-4H. The van der Waals surface area contributed by atoms with E-state index in [0.717, 1.165) is 10.6 Å². The first kappa shape index (κ1) is 4.88. The van der Waals surface area contributed by atoms with Crippen LogP contribution in [0.5, 0.6) is 0 Å². The first-order valence-corrected chi connectivity index (χ1v) is 3.39. The third kappa shape index (κ3) is 0.695. The Morgan fingerprint density at radius 1 is 1.22 bits per heavy atom. The summed E-state index contributed by atoms with van der Waals surface area (Å²) >= 11 is 1.47. The molecular weight excluding hydrogens is 132 g/mol. The first-order chi connectivity index (χ1) is 4.47. The summed E-state index contributed by atoms with van der Waals surface area (Å²) in [4.78, 5) is 5.24. The minimum absolute atomic E-state index is 1.04. The largest absolute Gasteiger partial charge is 0.255 e. The molecule has 0 bridgehead atoms. The summed E-state index contributed by atoms with van der Waals surface area (Å²) < 4.78 is 3.99. The van der Waals surface area contributed by atoms with Crippen LogP contribution >= 0.6 is 11.5 Å². The van der Waals surface area contributed by atoms with Crippen LogP contribution in [0.2, 0.25) is 0 Å². The van der Waals surface area contributed by atoms with Crippen LogP contribution in [0, 0.1) is 0 Å². The minimum Gasteiger partial charge on any atom is -0.255 e. The maximum Gasteiger partial charge on any atom is 0.0833 e. The van der Waals surface area contributed by atoms with Crippen molar-refractivity contribution in [1.29, 1.82) is 0 Å². The van der Waals surface area contributed by atoms with Gasteiger partial charge in [0.05, 0.1) is 10.6 Å². The third-order valence-corrected chi connectivity index (χ3v) is 1.91. The molecule has 2 aliphatic heterocycles. The van der Waals surface area contributed by atoms with E-state index < -0.39 is 0 Å². The lowest BCUT2D eigenvalue weighted by Crippen LogP contribution is -1.71. The van der Waals surface area contributed by atoms with E-state index in [9.17, 15) is 0 Å². The Kier molecular flexibility index (Phi) is 0.960. The van der Waals surface area contributed by atoms with Crippen LogP contribution in [0.25, 0.3) is 10.6 Å². The maximum atomic E-state index is 4.09. The third-order valence-electron chi connectivity index (χ3n) is 1.14. The van der Waals surface area contributed by atoms with Crippen molar-refractivity contribution in [2.24, 2.45) is 0 Å². The van der Waals surface area contributed by atoms with Crippen LogP contribution in [0.4, 0.5) is 0 Å². The van der Waals surface area contributed by atoms with Crippen molar-refractivity contribution in [2.45, 2.75) is 0 Å². The average Bonchev–Trinajstić information content (AvgIpc) is 2.33. The minimum atomic E-state index is 1.04. The molecule has 2 rings (SSSR count). The van der Waals surface area contributed by atoms with Gasteiger partial charge in [-0.3, -0.25) is 4.98 Å². The lowest BCUT2D eigenvalue weighted by Gasteiger charge is -1.88. The maximum absolute atomic E-state index is 4.09. The fourth-order valence-corrected chi connectivity index (χ4v) is 1.30. The fourth-order valence-electron chi connectivity index (χ4n) is 0.725. The Labute approximate surface area is 56.7 Å². The quantitative estimate of drug-likeness (QED) is 0.550. The second-order valence-corrected chi connectivity index (χ2v) is 2.54. The highest BCUT2D eigenvalue weighted by Crippen LogP contribution is 2.20. The molecule has 0 saturated heterocycles. The number of aromatic nitrogens is 2. The van der Waals surface area contributed by atoms with Crippen LogP contribution in [-0.2, 0) is 0 Å². The monoisotopic (exact) mass is 136 g/mol. The van der Waals surface area contributed by atoms with E-state index in [1.54, 1.807) is 12.4 Å². The van der Waals surface area contributed by atoms with Crippen molar-refractivity contribution in [2.75, 3.05) is 0 Å². The van der Waals surface area contributed by atoms with Gasteiger partial charge in [0.1, 0.15) is 0 Å². The Hall–Kier alpha value is -0.960. The van der Waals surface area contributed by atoms with Gasteiger partial charge in [0.15, 0.2) is 0 Å². The molecule has 3 heteroatoms. The summed E-state index contributed by atoms with van der Waals surface area (Å²) in [6.45, 7) is 0. The van der Waals surface area contributed by atoms with Gasteiger partial charge < -0.3 is 0 Å². The van der Waals surface area contributed by atoms with Crippen LogP contribution in [-0.4, -0.2) is 9.36 Å². The topological polar surface area (TPSA) is 25.8 Å². The van der Waals surface area contributed by atoms with Crippen molar-refractivity contribution in [3.8, 4) is 10.6 Å². The van der Waals surface area contributed by atoms with Gasteiger partial charge in [0.25, 0.3) is 0 Å². The fraction of sp³-hybridized carbons (Fsp3) is 0. The number of fused-ring (bicyclic) bond motifs is 1. The zero-order chi connectivity index (χ0) is 6.10. The molecule has 0 spiro atoms. The summed E-state index contributed by atoms with van der Waals surface area (Å²) in [5.41, 5.74) is 1.04. The Morgan fingerprint density at radius 3 is 3.11 bits per heavy atom. The van der Waals surface area contributed by atoms with E-state index in [-0.39, 0.29) is 0 Å². The van der Waals surface area contributed by atoms with Crippen molar-refractivity contribution < 1.29 is 0 Å². The highest BCUT2D eigenvalue weighted by Gasteiger charge is 2.00.